The van der Waals surface area contributed by atoms with Crippen LogP contribution in [0.2, 0.25) is 0 Å². The van der Waals surface area contributed by atoms with Gasteiger partial charge in [-0.15, -0.1) is 0 Å². The second-order valence-electron chi connectivity index (χ2n) is 2.70. The molecule has 2 N–H and O–H groups in total. The number of nitrogen functional groups attached to an aromatic ring is 1. The van der Waals surface area contributed by atoms with Crippen molar-refractivity contribution >= 4 is 5.69 Å². The van der Waals surface area contributed by atoms with Gasteiger partial charge in [-0.25, -0.2) is 0 Å². The van der Waals surface area contributed by atoms with Crippen LogP contribution in [0.1, 0.15) is 0 Å². The average molecular weight is 191 g/mol. The van der Waals surface area contributed by atoms with Gasteiger partial charge in [-0.3, -0.25) is 0 Å². The first-order valence-corrected chi connectivity index (χ1v) is 4.02. The molecule has 14 heavy (non-hydrogen) atoms. The second kappa shape index (κ2) is 3.37. The van der Waals surface area contributed by atoms with Gasteiger partial charge in [0.2, 0.25) is 0 Å². The van der Waals surface area contributed by atoms with E-state index in [4.69, 9.17) is 15.0 Å². The van der Waals surface area contributed by atoms with Crippen molar-refractivity contribution in [3.05, 3.63) is 24.5 Å². The number of benzene rings is 1. The van der Waals surface area contributed by atoms with Gasteiger partial charge in [-0.2, -0.15) is 4.98 Å². The van der Waals surface area contributed by atoms with E-state index in [1.54, 1.807) is 25.3 Å². The van der Waals surface area contributed by atoms with Crippen LogP contribution in [-0.4, -0.2) is 17.3 Å². The Morgan fingerprint density at radius 3 is 2.86 bits per heavy atom. The number of nitrogens with two attached hydrogens (primary N) is 1. The lowest BCUT2D eigenvalue weighted by Crippen LogP contribution is -1.91. The first-order valence-electron chi connectivity index (χ1n) is 4.02. The highest BCUT2D eigenvalue weighted by Crippen LogP contribution is 2.27. The van der Waals surface area contributed by atoms with Crippen molar-refractivity contribution in [1.82, 2.24) is 10.1 Å². The number of nitrogens with zero attached hydrogens (tertiary/aromatic N) is 2. The van der Waals surface area contributed by atoms with E-state index in [2.05, 4.69) is 10.1 Å². The maximum atomic E-state index is 5.78. The standard InChI is InChI=1S/C9H9N3O2/c1-13-6-2-3-7(8(10)4-6)9-11-5-12-14-9/h2-5H,10H2,1H3. The van der Waals surface area contributed by atoms with Crippen LogP contribution in [0, 0.1) is 0 Å². The quantitative estimate of drug-likeness (QED) is 0.725. The summed E-state index contributed by atoms with van der Waals surface area (Å²) in [6.07, 6.45) is 1.33. The molecule has 0 fully saturated rings. The summed E-state index contributed by atoms with van der Waals surface area (Å²) < 4.78 is 9.91. The molecule has 0 spiro atoms. The Morgan fingerprint density at radius 1 is 1.43 bits per heavy atom. The SMILES string of the molecule is COc1ccc(-c2ncno2)c(N)c1. The molecule has 0 atom stereocenters. The molecule has 0 aliphatic heterocycles. The third kappa shape index (κ3) is 1.39. The zero-order chi connectivity index (χ0) is 9.97. The van der Waals surface area contributed by atoms with Gasteiger partial charge in [-0.05, 0) is 12.1 Å². The van der Waals surface area contributed by atoms with Crippen molar-refractivity contribution in [3.63, 3.8) is 0 Å². The lowest BCUT2D eigenvalue weighted by Gasteiger charge is -2.03. The smallest absolute Gasteiger partial charge is 0.259 e. The number of aromatic nitrogens is 2. The lowest BCUT2D eigenvalue weighted by atomic mass is 10.2. The van der Waals surface area contributed by atoms with Gasteiger partial charge in [-0.1, -0.05) is 5.16 Å². The predicted octanol–water partition coefficient (Wildman–Crippen LogP) is 1.33. The van der Waals surface area contributed by atoms with Crippen molar-refractivity contribution in [2.75, 3.05) is 12.8 Å². The highest BCUT2D eigenvalue weighted by atomic mass is 16.5. The van der Waals surface area contributed by atoms with Crippen molar-refractivity contribution in [2.24, 2.45) is 0 Å². The van der Waals surface area contributed by atoms with E-state index in [1.165, 1.54) is 6.33 Å². The van der Waals surface area contributed by atoms with Crippen LogP contribution >= 0.6 is 0 Å². The molecular weight excluding hydrogens is 182 g/mol. The molecule has 2 aromatic rings. The fourth-order valence-electron chi connectivity index (χ4n) is 1.15. The maximum absolute atomic E-state index is 5.78. The Hall–Kier alpha value is -2.04. The second-order valence-corrected chi connectivity index (χ2v) is 2.70. The van der Waals surface area contributed by atoms with Gasteiger partial charge in [0.1, 0.15) is 5.75 Å². The molecule has 1 heterocycles. The van der Waals surface area contributed by atoms with Crippen molar-refractivity contribution in [2.45, 2.75) is 0 Å². The molecule has 1 aromatic carbocycles. The van der Waals surface area contributed by atoms with Gasteiger partial charge in [0.25, 0.3) is 5.89 Å². The number of anilines is 1. The molecule has 0 aliphatic carbocycles. The highest BCUT2D eigenvalue weighted by molar-refractivity contribution is 5.71. The van der Waals surface area contributed by atoms with Crippen LogP contribution < -0.4 is 10.5 Å². The number of ether oxygens (including phenoxy) is 1. The van der Waals surface area contributed by atoms with Crippen LogP contribution in [0.4, 0.5) is 5.69 Å². The Morgan fingerprint density at radius 2 is 2.29 bits per heavy atom. The first-order chi connectivity index (χ1) is 6.81. The molecule has 0 aliphatic rings. The maximum Gasteiger partial charge on any atom is 0.259 e. The van der Waals surface area contributed by atoms with Gasteiger partial charge < -0.3 is 15.0 Å². The molecule has 0 amide bonds. The molecule has 2 rings (SSSR count). The zero-order valence-electron chi connectivity index (χ0n) is 7.60. The molecule has 0 saturated carbocycles. The largest absolute Gasteiger partial charge is 0.497 e. The Labute approximate surface area is 80.5 Å². The van der Waals surface area contributed by atoms with Crippen LogP contribution in [0.15, 0.2) is 29.0 Å². The van der Waals surface area contributed by atoms with Gasteiger partial charge >= 0.3 is 0 Å². The van der Waals surface area contributed by atoms with Crippen molar-refractivity contribution in [3.8, 4) is 17.2 Å². The summed E-state index contributed by atoms with van der Waals surface area (Å²) in [5, 5.41) is 3.51. The average Bonchev–Trinajstić information content (AvgIpc) is 2.70. The van der Waals surface area contributed by atoms with Gasteiger partial charge in [0.05, 0.1) is 12.7 Å². The van der Waals surface area contributed by atoms with E-state index in [1.807, 2.05) is 0 Å². The molecule has 1 aromatic heterocycles. The summed E-state index contributed by atoms with van der Waals surface area (Å²) in [5.74, 6) is 1.11. The van der Waals surface area contributed by atoms with E-state index in [9.17, 15) is 0 Å². The summed E-state index contributed by atoms with van der Waals surface area (Å²) >= 11 is 0. The molecule has 5 nitrogen and oxygen atoms in total. The van der Waals surface area contributed by atoms with Crippen molar-refractivity contribution < 1.29 is 9.26 Å². The number of methoxy groups -OCH3 is 1. The van der Waals surface area contributed by atoms with Gasteiger partial charge in [0.15, 0.2) is 6.33 Å². The minimum absolute atomic E-state index is 0.408. The first kappa shape index (κ1) is 8.55. The monoisotopic (exact) mass is 191 g/mol. The molecule has 72 valence electrons. The summed E-state index contributed by atoms with van der Waals surface area (Å²) in [7, 11) is 1.58. The van der Waals surface area contributed by atoms with Crippen LogP contribution in [0.25, 0.3) is 11.5 Å². The highest BCUT2D eigenvalue weighted by Gasteiger charge is 2.08. The minimum Gasteiger partial charge on any atom is -0.497 e. The molecular formula is C9H9N3O2. The van der Waals surface area contributed by atoms with Gasteiger partial charge in [0, 0.05) is 11.8 Å². The van der Waals surface area contributed by atoms with E-state index in [-0.39, 0.29) is 0 Å². The van der Waals surface area contributed by atoms with E-state index in [0.29, 0.717) is 22.9 Å². The third-order valence-electron chi connectivity index (χ3n) is 1.85. The molecule has 0 saturated heterocycles. The minimum atomic E-state index is 0.408. The van der Waals surface area contributed by atoms with Crippen LogP contribution in [0.5, 0.6) is 5.75 Å². The fraction of sp³-hybridized carbons (Fsp3) is 0.111. The number of rotatable bonds is 2. The van der Waals surface area contributed by atoms with Crippen LogP contribution in [0.3, 0.4) is 0 Å². The molecule has 0 unspecified atom stereocenters. The number of hydrogen-bond acceptors (Lipinski definition) is 5. The summed E-state index contributed by atoms with van der Waals surface area (Å²) in [4.78, 5) is 3.90. The van der Waals surface area contributed by atoms with Crippen molar-refractivity contribution in [1.29, 1.82) is 0 Å². The summed E-state index contributed by atoms with van der Waals surface area (Å²) in [5.41, 5.74) is 7.04. The third-order valence-corrected chi connectivity index (χ3v) is 1.85. The van der Waals surface area contributed by atoms with E-state index < -0.39 is 0 Å². The van der Waals surface area contributed by atoms with E-state index in [0.717, 1.165) is 0 Å². The normalized spacial score (nSPS) is 10.1. The molecule has 0 bridgehead atoms. The number of hydrogen-bond donors (Lipinski definition) is 1. The Bertz CT molecular complexity index is 426. The van der Waals surface area contributed by atoms with Crippen LogP contribution in [-0.2, 0) is 0 Å². The summed E-state index contributed by atoms with van der Waals surface area (Å²) in [6.45, 7) is 0. The molecule has 0 radical (unpaired) electrons. The summed E-state index contributed by atoms with van der Waals surface area (Å²) in [6, 6.07) is 5.27. The Kier molecular flexibility index (Phi) is 2.06. The zero-order valence-corrected chi connectivity index (χ0v) is 7.60. The van der Waals surface area contributed by atoms with E-state index >= 15 is 0 Å². The predicted molar refractivity (Wildman–Crippen MR) is 50.7 cm³/mol. The topological polar surface area (TPSA) is 74.2 Å². The lowest BCUT2D eigenvalue weighted by molar-refractivity contribution is 0.414. The fourth-order valence-corrected chi connectivity index (χ4v) is 1.15. The Balaban J connectivity index is 2.46. The molecule has 5 heteroatoms.